The summed E-state index contributed by atoms with van der Waals surface area (Å²) in [5, 5.41) is 0. The number of piperidine rings is 1. The van der Waals surface area contributed by atoms with Crippen molar-refractivity contribution in [3.05, 3.63) is 47.3 Å². The number of carbonyl (C=O) groups is 2. The Morgan fingerprint density at radius 1 is 1.13 bits per heavy atom. The topological polar surface area (TPSA) is 70.0 Å². The zero-order chi connectivity index (χ0) is 21.7. The predicted octanol–water partition coefficient (Wildman–Crippen LogP) is 3.59. The third kappa shape index (κ3) is 4.61. The average molecular weight is 415 g/mol. The molecule has 1 aliphatic heterocycles. The van der Waals surface area contributed by atoms with Crippen LogP contribution in [0.15, 0.2) is 30.5 Å². The highest BCUT2D eigenvalue weighted by atomic mass is 16.5. The van der Waals surface area contributed by atoms with Gasteiger partial charge >= 0.3 is 5.97 Å². The number of methoxy groups -OCH3 is 2. The second-order valence-electron chi connectivity index (χ2n) is 7.58. The van der Waals surface area contributed by atoms with Gasteiger partial charge in [-0.3, -0.25) is 4.79 Å². The summed E-state index contributed by atoms with van der Waals surface area (Å²) in [5.74, 6) is 0.759. The van der Waals surface area contributed by atoms with Crippen LogP contribution in [0.25, 0.3) is 0 Å². The fourth-order valence-electron chi connectivity index (χ4n) is 3.97. The number of carbonyl (C=O) groups excluding carboxylic acids is 2. The van der Waals surface area contributed by atoms with Gasteiger partial charge in [-0.25, -0.2) is 4.79 Å². The van der Waals surface area contributed by atoms with Crippen LogP contribution in [0.1, 0.15) is 52.1 Å². The summed E-state index contributed by atoms with van der Waals surface area (Å²) in [7, 11) is 4.98. The van der Waals surface area contributed by atoms with Crippen LogP contribution in [0.3, 0.4) is 0 Å². The van der Waals surface area contributed by atoms with Gasteiger partial charge in [-0.2, -0.15) is 0 Å². The lowest BCUT2D eigenvalue weighted by molar-refractivity contribution is 0.0405. The Bertz CT molecular complexity index is 880. The lowest BCUT2D eigenvalue weighted by Gasteiger charge is -2.35. The standard InChI is InChI=1S/C23H30N2O5/c1-16-20(28-3)14-17(15-21(16)29-4)23(27)30-13-10-18-8-5-6-12-25(18)22(26)19-9-7-11-24(19)2/h7,9,11,14-15,18H,5-6,8,10,12-13H2,1-4H3. The Kier molecular flexibility index (Phi) is 7.03. The fraction of sp³-hybridized carbons (Fsp3) is 0.478. The summed E-state index contributed by atoms with van der Waals surface area (Å²) in [6.07, 6.45) is 5.47. The molecule has 2 aromatic rings. The van der Waals surface area contributed by atoms with E-state index in [1.54, 1.807) is 26.4 Å². The molecule has 0 aliphatic carbocycles. The molecule has 7 heteroatoms. The van der Waals surface area contributed by atoms with Crippen molar-refractivity contribution >= 4 is 11.9 Å². The van der Waals surface area contributed by atoms with Crippen LogP contribution >= 0.6 is 0 Å². The van der Waals surface area contributed by atoms with Gasteiger partial charge in [0.15, 0.2) is 0 Å². The maximum absolute atomic E-state index is 13.0. The van der Waals surface area contributed by atoms with Gasteiger partial charge in [-0.1, -0.05) is 0 Å². The molecule has 0 spiro atoms. The van der Waals surface area contributed by atoms with Crippen LogP contribution in [0.5, 0.6) is 11.5 Å². The van der Waals surface area contributed by atoms with E-state index in [2.05, 4.69) is 0 Å². The molecule has 0 N–H and O–H groups in total. The largest absolute Gasteiger partial charge is 0.496 e. The maximum Gasteiger partial charge on any atom is 0.338 e. The maximum atomic E-state index is 13.0. The number of aryl methyl sites for hydroxylation is 1. The minimum atomic E-state index is -0.428. The number of ether oxygens (including phenoxy) is 3. The first-order chi connectivity index (χ1) is 14.5. The van der Waals surface area contributed by atoms with Crippen molar-refractivity contribution in [1.82, 2.24) is 9.47 Å². The number of likely N-dealkylation sites (tertiary alicyclic amines) is 1. The molecular weight excluding hydrogens is 384 g/mol. The molecule has 1 saturated heterocycles. The van der Waals surface area contributed by atoms with Crippen molar-refractivity contribution in [2.45, 2.75) is 38.6 Å². The van der Waals surface area contributed by atoms with Gasteiger partial charge in [0.2, 0.25) is 0 Å². The van der Waals surface area contributed by atoms with Gasteiger partial charge in [0.25, 0.3) is 5.91 Å². The van der Waals surface area contributed by atoms with E-state index in [4.69, 9.17) is 14.2 Å². The van der Waals surface area contributed by atoms with E-state index in [-0.39, 0.29) is 18.6 Å². The van der Waals surface area contributed by atoms with Crippen LogP contribution in [-0.2, 0) is 11.8 Å². The van der Waals surface area contributed by atoms with E-state index in [0.717, 1.165) is 31.4 Å². The molecule has 0 radical (unpaired) electrons. The van der Waals surface area contributed by atoms with E-state index < -0.39 is 5.97 Å². The van der Waals surface area contributed by atoms with E-state index in [1.165, 1.54) is 0 Å². The molecule has 2 heterocycles. The van der Waals surface area contributed by atoms with Gasteiger partial charge < -0.3 is 23.7 Å². The number of hydrogen-bond acceptors (Lipinski definition) is 5. The van der Waals surface area contributed by atoms with Crippen molar-refractivity contribution in [3.8, 4) is 11.5 Å². The molecule has 162 valence electrons. The molecule has 3 rings (SSSR count). The minimum absolute atomic E-state index is 0.0338. The molecule has 1 aliphatic rings. The first-order valence-corrected chi connectivity index (χ1v) is 10.3. The van der Waals surface area contributed by atoms with Crippen molar-refractivity contribution in [3.63, 3.8) is 0 Å². The molecule has 30 heavy (non-hydrogen) atoms. The van der Waals surface area contributed by atoms with Crippen LogP contribution in [0, 0.1) is 6.92 Å². The van der Waals surface area contributed by atoms with Crippen molar-refractivity contribution in [2.24, 2.45) is 7.05 Å². The second-order valence-corrected chi connectivity index (χ2v) is 7.58. The zero-order valence-electron chi connectivity index (χ0n) is 18.1. The molecular formula is C23H30N2O5. The fourth-order valence-corrected chi connectivity index (χ4v) is 3.97. The first kappa shape index (κ1) is 21.7. The number of rotatable bonds is 7. The van der Waals surface area contributed by atoms with E-state index in [9.17, 15) is 9.59 Å². The normalized spacial score (nSPS) is 16.3. The number of aromatic nitrogens is 1. The van der Waals surface area contributed by atoms with Crippen molar-refractivity contribution in [1.29, 1.82) is 0 Å². The quantitative estimate of drug-likeness (QED) is 0.648. The highest BCUT2D eigenvalue weighted by molar-refractivity contribution is 5.93. The summed E-state index contributed by atoms with van der Waals surface area (Å²) < 4.78 is 18.0. The summed E-state index contributed by atoms with van der Waals surface area (Å²) in [6.45, 7) is 2.85. The highest BCUT2D eigenvalue weighted by Gasteiger charge is 2.28. The Balaban J connectivity index is 1.62. The van der Waals surface area contributed by atoms with Gasteiger partial charge in [0, 0.05) is 37.8 Å². The van der Waals surface area contributed by atoms with Crippen molar-refractivity contribution in [2.75, 3.05) is 27.4 Å². The van der Waals surface area contributed by atoms with E-state index in [0.29, 0.717) is 29.2 Å². The summed E-state index contributed by atoms with van der Waals surface area (Å²) in [5.41, 5.74) is 1.89. The molecule has 1 amide bonds. The average Bonchev–Trinajstić information content (AvgIpc) is 3.19. The van der Waals surface area contributed by atoms with Crippen molar-refractivity contribution < 1.29 is 23.8 Å². The Labute approximate surface area is 177 Å². The van der Waals surface area contributed by atoms with Gasteiger partial charge in [-0.05, 0) is 50.5 Å². The molecule has 1 atom stereocenters. The minimum Gasteiger partial charge on any atom is -0.496 e. The lowest BCUT2D eigenvalue weighted by atomic mass is 9.99. The smallest absolute Gasteiger partial charge is 0.338 e. The zero-order valence-corrected chi connectivity index (χ0v) is 18.1. The Morgan fingerprint density at radius 3 is 2.43 bits per heavy atom. The first-order valence-electron chi connectivity index (χ1n) is 10.3. The Hall–Kier alpha value is -2.96. The summed E-state index contributed by atoms with van der Waals surface area (Å²) in [6, 6.07) is 7.10. The van der Waals surface area contributed by atoms with E-state index in [1.807, 2.05) is 41.8 Å². The summed E-state index contributed by atoms with van der Waals surface area (Å²) >= 11 is 0. The van der Waals surface area contributed by atoms with Gasteiger partial charge in [0.1, 0.15) is 17.2 Å². The molecule has 0 bridgehead atoms. The van der Waals surface area contributed by atoms with E-state index >= 15 is 0 Å². The number of esters is 1. The molecule has 1 aromatic carbocycles. The monoisotopic (exact) mass is 414 g/mol. The second kappa shape index (κ2) is 9.69. The predicted molar refractivity (Wildman–Crippen MR) is 113 cm³/mol. The summed E-state index contributed by atoms with van der Waals surface area (Å²) in [4.78, 5) is 27.4. The van der Waals surface area contributed by atoms with Gasteiger partial charge in [-0.15, -0.1) is 0 Å². The number of benzene rings is 1. The Morgan fingerprint density at radius 2 is 1.83 bits per heavy atom. The molecule has 7 nitrogen and oxygen atoms in total. The SMILES string of the molecule is COc1cc(C(=O)OCCC2CCCCN2C(=O)c2cccn2C)cc(OC)c1C. The molecule has 0 saturated carbocycles. The lowest BCUT2D eigenvalue weighted by Crippen LogP contribution is -2.44. The van der Waals surface area contributed by atoms with Crippen LogP contribution in [-0.4, -0.2) is 54.8 Å². The molecule has 1 unspecified atom stereocenters. The number of amides is 1. The highest BCUT2D eigenvalue weighted by Crippen LogP contribution is 2.30. The van der Waals surface area contributed by atoms with Crippen LogP contribution < -0.4 is 9.47 Å². The van der Waals surface area contributed by atoms with Gasteiger partial charge in [0.05, 0.1) is 26.4 Å². The third-order valence-corrected chi connectivity index (χ3v) is 5.72. The number of hydrogen-bond donors (Lipinski definition) is 0. The molecule has 1 aromatic heterocycles. The van der Waals surface area contributed by atoms with Crippen LogP contribution in [0.2, 0.25) is 0 Å². The van der Waals surface area contributed by atoms with Crippen LogP contribution in [0.4, 0.5) is 0 Å². The third-order valence-electron chi connectivity index (χ3n) is 5.72. The number of nitrogens with zero attached hydrogens (tertiary/aromatic N) is 2. The molecule has 1 fully saturated rings.